The molecule has 25 heavy (non-hydrogen) atoms. The zero-order valence-corrected chi connectivity index (χ0v) is 15.2. The molecule has 0 bridgehead atoms. The molecule has 0 spiro atoms. The van der Waals surface area contributed by atoms with E-state index >= 15 is 0 Å². The zero-order valence-electron chi connectivity index (χ0n) is 13.6. The number of carbonyl (C=O) groups is 1. The minimum absolute atomic E-state index is 0.0568. The molecule has 2 aromatic carbocycles. The maximum Gasteiger partial charge on any atom is 0.330 e. The fraction of sp³-hybridized carbons (Fsp3) is 0.278. The summed E-state index contributed by atoms with van der Waals surface area (Å²) in [5, 5.41) is 9.82. The number of carboxylic acids is 1. The van der Waals surface area contributed by atoms with Crippen molar-refractivity contribution in [2.24, 2.45) is 0 Å². The van der Waals surface area contributed by atoms with Gasteiger partial charge in [0.1, 0.15) is 0 Å². The molecular formula is C18H18ClNO4S. The molecule has 0 saturated carbocycles. The van der Waals surface area contributed by atoms with E-state index < -0.39 is 21.5 Å². The summed E-state index contributed by atoms with van der Waals surface area (Å²) in [5.41, 5.74) is 0.638. The molecule has 2 aromatic rings. The van der Waals surface area contributed by atoms with Crippen molar-refractivity contribution < 1.29 is 18.3 Å². The number of benzene rings is 2. The van der Waals surface area contributed by atoms with Crippen LogP contribution in [-0.2, 0) is 33.2 Å². The van der Waals surface area contributed by atoms with Crippen LogP contribution in [0.15, 0.2) is 53.4 Å². The average Bonchev–Trinajstić information content (AvgIpc) is 3.08. The highest BCUT2D eigenvalue weighted by Gasteiger charge is 2.48. The van der Waals surface area contributed by atoms with E-state index in [1.54, 1.807) is 30.3 Å². The van der Waals surface area contributed by atoms with Crippen LogP contribution < -0.4 is 0 Å². The number of aryl methyl sites for hydroxylation is 2. The normalized spacial score (nSPS) is 16.4. The minimum Gasteiger partial charge on any atom is -0.480 e. The maximum atomic E-state index is 12.8. The standard InChI is InChI=1S/C18H18ClNO4S/c1-18(17(21)22,15-11-10-13-6-5-7-14(13)12-15)20(19)25(23,24)16-8-3-2-4-9-16/h2-4,8-12H,5-7H2,1H3,(H,21,22). The molecular weight excluding hydrogens is 362 g/mol. The summed E-state index contributed by atoms with van der Waals surface area (Å²) in [5.74, 6) is -1.33. The molecule has 0 saturated heterocycles. The van der Waals surface area contributed by atoms with Crippen LogP contribution in [0.5, 0.6) is 0 Å². The van der Waals surface area contributed by atoms with Crippen molar-refractivity contribution in [1.82, 2.24) is 3.82 Å². The van der Waals surface area contributed by atoms with E-state index in [1.807, 2.05) is 6.07 Å². The van der Waals surface area contributed by atoms with E-state index in [1.165, 1.54) is 24.6 Å². The third-order valence-corrected chi connectivity index (χ3v) is 7.22. The van der Waals surface area contributed by atoms with Gasteiger partial charge in [-0.25, -0.2) is 13.2 Å². The zero-order chi connectivity index (χ0) is 18.2. The van der Waals surface area contributed by atoms with Crippen LogP contribution in [0.2, 0.25) is 0 Å². The van der Waals surface area contributed by atoms with E-state index in [4.69, 9.17) is 11.8 Å². The molecule has 5 nitrogen and oxygen atoms in total. The van der Waals surface area contributed by atoms with E-state index in [9.17, 15) is 18.3 Å². The van der Waals surface area contributed by atoms with Gasteiger partial charge in [-0.1, -0.05) is 40.2 Å². The molecule has 0 heterocycles. The Hall–Kier alpha value is -1.89. The Kier molecular flexibility index (Phi) is 4.62. The lowest BCUT2D eigenvalue weighted by Gasteiger charge is -2.32. The van der Waals surface area contributed by atoms with Gasteiger partial charge in [-0.3, -0.25) is 0 Å². The van der Waals surface area contributed by atoms with Gasteiger partial charge in [0, 0.05) is 0 Å². The van der Waals surface area contributed by atoms with Crippen LogP contribution in [0.4, 0.5) is 0 Å². The minimum atomic E-state index is -4.19. The summed E-state index contributed by atoms with van der Waals surface area (Å²) in [6.07, 6.45) is 2.81. The lowest BCUT2D eigenvalue weighted by atomic mass is 9.91. The molecule has 0 radical (unpaired) electrons. The Bertz CT molecular complexity index is 914. The van der Waals surface area contributed by atoms with Gasteiger partial charge in [-0.2, -0.15) is 0 Å². The van der Waals surface area contributed by atoms with Gasteiger partial charge in [0.25, 0.3) is 10.0 Å². The summed E-state index contributed by atoms with van der Waals surface area (Å²) >= 11 is 6.16. The van der Waals surface area contributed by atoms with Crippen LogP contribution in [0.3, 0.4) is 0 Å². The van der Waals surface area contributed by atoms with Gasteiger partial charge >= 0.3 is 5.97 Å². The van der Waals surface area contributed by atoms with Crippen molar-refractivity contribution in [3.63, 3.8) is 0 Å². The first-order valence-electron chi connectivity index (χ1n) is 7.90. The van der Waals surface area contributed by atoms with Gasteiger partial charge in [0.15, 0.2) is 5.54 Å². The van der Waals surface area contributed by atoms with E-state index in [0.717, 1.165) is 24.8 Å². The van der Waals surface area contributed by atoms with Crippen LogP contribution in [-0.4, -0.2) is 23.3 Å². The van der Waals surface area contributed by atoms with Crippen LogP contribution in [0.1, 0.15) is 30.0 Å². The molecule has 0 amide bonds. The van der Waals surface area contributed by atoms with Crippen molar-refractivity contribution in [2.45, 2.75) is 36.6 Å². The van der Waals surface area contributed by atoms with Crippen molar-refractivity contribution in [2.75, 3.05) is 0 Å². The lowest BCUT2D eigenvalue weighted by molar-refractivity contribution is -0.146. The SMILES string of the molecule is CC(C(=O)O)(c1ccc2c(c1)CCC2)N(Cl)S(=O)(=O)c1ccccc1. The van der Waals surface area contributed by atoms with Crippen molar-refractivity contribution >= 4 is 27.8 Å². The number of nitrogens with zero attached hydrogens (tertiary/aromatic N) is 1. The van der Waals surface area contributed by atoms with Crippen molar-refractivity contribution in [1.29, 1.82) is 0 Å². The summed E-state index contributed by atoms with van der Waals surface area (Å²) in [7, 11) is -4.19. The number of hydrogen-bond donors (Lipinski definition) is 1. The molecule has 3 rings (SSSR count). The first kappa shape index (κ1) is 17.9. The molecule has 1 N–H and O–H groups in total. The van der Waals surface area contributed by atoms with E-state index in [-0.39, 0.29) is 4.90 Å². The third kappa shape index (κ3) is 2.94. The molecule has 0 aromatic heterocycles. The number of halogens is 1. The second-order valence-electron chi connectivity index (χ2n) is 6.25. The number of hydrogen-bond acceptors (Lipinski definition) is 3. The average molecular weight is 380 g/mol. The molecule has 7 heteroatoms. The van der Waals surface area contributed by atoms with E-state index in [0.29, 0.717) is 9.39 Å². The predicted octanol–water partition coefficient (Wildman–Crippen LogP) is 3.32. The second kappa shape index (κ2) is 6.44. The molecule has 1 unspecified atom stereocenters. The second-order valence-corrected chi connectivity index (χ2v) is 8.57. The summed E-state index contributed by atoms with van der Waals surface area (Å²) in [6, 6.07) is 12.8. The Morgan fingerprint density at radius 3 is 2.40 bits per heavy atom. The first-order chi connectivity index (χ1) is 11.8. The van der Waals surface area contributed by atoms with Crippen molar-refractivity contribution in [3.8, 4) is 0 Å². The van der Waals surface area contributed by atoms with Gasteiger partial charge < -0.3 is 5.11 Å². The number of sulfonamides is 1. The number of aliphatic carboxylic acids is 1. The Morgan fingerprint density at radius 1 is 1.12 bits per heavy atom. The van der Waals surface area contributed by atoms with Gasteiger partial charge in [-0.15, -0.1) is 0 Å². The first-order valence-corrected chi connectivity index (χ1v) is 9.67. The quantitative estimate of drug-likeness (QED) is 0.808. The van der Waals surface area contributed by atoms with Crippen LogP contribution in [0, 0.1) is 0 Å². The largest absolute Gasteiger partial charge is 0.480 e. The molecule has 0 fully saturated rings. The lowest BCUT2D eigenvalue weighted by Crippen LogP contribution is -2.47. The van der Waals surface area contributed by atoms with Crippen LogP contribution in [0.25, 0.3) is 0 Å². The van der Waals surface area contributed by atoms with E-state index in [2.05, 4.69) is 0 Å². The smallest absolute Gasteiger partial charge is 0.330 e. The molecule has 1 aliphatic carbocycles. The third-order valence-electron chi connectivity index (χ3n) is 4.68. The molecule has 1 atom stereocenters. The highest BCUT2D eigenvalue weighted by Crippen LogP contribution is 2.37. The Morgan fingerprint density at radius 2 is 1.76 bits per heavy atom. The fourth-order valence-electron chi connectivity index (χ4n) is 3.10. The fourth-order valence-corrected chi connectivity index (χ4v) is 4.86. The molecule has 0 aliphatic heterocycles. The number of fused-ring (bicyclic) bond motifs is 1. The van der Waals surface area contributed by atoms with Gasteiger partial charge in [0.05, 0.1) is 4.90 Å². The molecule has 1 aliphatic rings. The monoisotopic (exact) mass is 379 g/mol. The summed E-state index contributed by atoms with van der Waals surface area (Å²) < 4.78 is 26.1. The highest BCUT2D eigenvalue weighted by atomic mass is 35.5. The summed E-state index contributed by atoms with van der Waals surface area (Å²) in [6.45, 7) is 1.31. The topological polar surface area (TPSA) is 74.7 Å². The van der Waals surface area contributed by atoms with Gasteiger partial charge in [-0.05, 0) is 66.8 Å². The van der Waals surface area contributed by atoms with Crippen molar-refractivity contribution in [3.05, 3.63) is 65.2 Å². The highest BCUT2D eigenvalue weighted by molar-refractivity contribution is 7.90. The summed E-state index contributed by atoms with van der Waals surface area (Å²) in [4.78, 5) is 12.0. The number of rotatable bonds is 5. The molecule has 132 valence electrons. The van der Waals surface area contributed by atoms with Gasteiger partial charge in [0.2, 0.25) is 0 Å². The maximum absolute atomic E-state index is 12.8. The van der Waals surface area contributed by atoms with Crippen LogP contribution >= 0.6 is 11.8 Å². The Labute approximate surface area is 152 Å². The predicted molar refractivity (Wildman–Crippen MR) is 94.8 cm³/mol. The Balaban J connectivity index is 2.10. The number of carboxylic acid groups (broad SMARTS) is 1.